The molecule has 0 radical (unpaired) electrons. The molecule has 3 aliphatic heterocycles. The number of amides is 2. The summed E-state index contributed by atoms with van der Waals surface area (Å²) in [6.45, 7) is 15.8. The number of esters is 1. The fourth-order valence-electron chi connectivity index (χ4n) is 6.97. The van der Waals surface area contributed by atoms with Crippen LogP contribution >= 0.6 is 11.8 Å². The Morgan fingerprint density at radius 3 is 2.44 bits per heavy atom. The summed E-state index contributed by atoms with van der Waals surface area (Å²) in [4.78, 5) is 47.8. The summed E-state index contributed by atoms with van der Waals surface area (Å²) in [6.07, 6.45) is 6.82. The maximum Gasteiger partial charge on any atom is 0.310 e. The van der Waals surface area contributed by atoms with Crippen LogP contribution in [0.15, 0.2) is 49.6 Å². The van der Waals surface area contributed by atoms with Crippen LogP contribution in [0.1, 0.15) is 52.9 Å². The summed E-state index contributed by atoms with van der Waals surface area (Å²) in [5.41, 5.74) is 1.80. The largest absolute Gasteiger partial charge is 0.465 e. The molecule has 3 saturated heterocycles. The molecule has 4 rings (SSSR count). The number of benzene rings is 1. The third kappa shape index (κ3) is 5.55. The average molecular weight is 584 g/mol. The average Bonchev–Trinajstić information content (AvgIpc) is 3.63. The summed E-state index contributed by atoms with van der Waals surface area (Å²) in [5.74, 6) is -2.02. The van der Waals surface area contributed by atoms with Crippen molar-refractivity contribution in [1.82, 2.24) is 4.90 Å². The number of carbonyl (C=O) groups is 3. The van der Waals surface area contributed by atoms with Crippen molar-refractivity contribution in [3.05, 3.63) is 49.6 Å². The van der Waals surface area contributed by atoms with Gasteiger partial charge in [-0.25, -0.2) is 0 Å². The highest BCUT2D eigenvalue weighted by Crippen LogP contribution is 2.67. The zero-order valence-corrected chi connectivity index (χ0v) is 25.5. The molecule has 3 aliphatic rings. The Hall–Kier alpha value is -2.78. The Bertz CT molecular complexity index is 1120. The van der Waals surface area contributed by atoms with Gasteiger partial charge in [0.25, 0.3) is 5.91 Å². The number of nitrogens with zero attached hydrogens (tertiary/aromatic N) is 3. The number of ether oxygens (including phenoxy) is 1. The molecule has 0 aromatic heterocycles. The normalized spacial score (nSPS) is 26.9. The molecule has 0 saturated carbocycles. The van der Waals surface area contributed by atoms with Gasteiger partial charge in [0, 0.05) is 36.3 Å². The molecule has 1 aromatic rings. The van der Waals surface area contributed by atoms with Gasteiger partial charge >= 0.3 is 5.97 Å². The fourth-order valence-corrected chi connectivity index (χ4v) is 9.16. The number of aliphatic hydroxyl groups excluding tert-OH is 1. The first-order chi connectivity index (χ1) is 19.8. The van der Waals surface area contributed by atoms with Gasteiger partial charge in [0.2, 0.25) is 5.91 Å². The molecule has 8 nitrogen and oxygen atoms in total. The third-order valence-corrected chi connectivity index (χ3v) is 10.9. The van der Waals surface area contributed by atoms with Gasteiger partial charge in [-0.05, 0) is 70.2 Å². The second-order valence-electron chi connectivity index (χ2n) is 11.1. The molecule has 3 fully saturated rings. The number of fused-ring (bicyclic) bond motifs is 1. The molecular weight excluding hydrogens is 538 g/mol. The number of thioether (sulfide) groups is 1. The molecule has 1 N–H and O–H groups in total. The summed E-state index contributed by atoms with van der Waals surface area (Å²) < 4.78 is 4.91. The highest BCUT2D eigenvalue weighted by Gasteiger charge is 2.74. The van der Waals surface area contributed by atoms with Crippen LogP contribution in [-0.4, -0.2) is 82.7 Å². The van der Waals surface area contributed by atoms with Crippen molar-refractivity contribution in [2.24, 2.45) is 11.8 Å². The topological polar surface area (TPSA) is 90.4 Å². The Balaban J connectivity index is 1.71. The van der Waals surface area contributed by atoms with Crippen molar-refractivity contribution in [3.8, 4) is 0 Å². The standard InChI is InChI=1S/C32H45N3O5S/c1-6-11-12-20-40-31(39)26-25-17-18-32(41-25)27(26)29(37)35(22(8-3)21-36)28(32)30(38)34(19-7-2)24-15-13-23(14-16-24)33(9-4)10-5/h6-7,13-16,22,25-28,36H,1-2,8-12,17-21H2,3-5H3/t22-,25+,26-,27-,28?,32?/m0/s1. The van der Waals surface area contributed by atoms with Gasteiger partial charge in [-0.3, -0.25) is 14.4 Å². The van der Waals surface area contributed by atoms with E-state index in [9.17, 15) is 19.5 Å². The molecule has 41 heavy (non-hydrogen) atoms. The Morgan fingerprint density at radius 1 is 1.17 bits per heavy atom. The maximum absolute atomic E-state index is 14.7. The van der Waals surface area contributed by atoms with Crippen molar-refractivity contribution in [3.63, 3.8) is 0 Å². The summed E-state index contributed by atoms with van der Waals surface area (Å²) in [7, 11) is 0. The van der Waals surface area contributed by atoms with Gasteiger partial charge in [-0.15, -0.1) is 24.9 Å². The summed E-state index contributed by atoms with van der Waals surface area (Å²) in [6, 6.07) is 6.60. The van der Waals surface area contributed by atoms with Gasteiger partial charge in [0.05, 0.1) is 35.8 Å². The highest BCUT2D eigenvalue weighted by molar-refractivity contribution is 8.02. The molecule has 2 unspecified atom stereocenters. The van der Waals surface area contributed by atoms with Crippen LogP contribution in [0.4, 0.5) is 11.4 Å². The first-order valence-electron chi connectivity index (χ1n) is 15.0. The lowest BCUT2D eigenvalue weighted by molar-refractivity contribution is -0.154. The fraction of sp³-hybridized carbons (Fsp3) is 0.594. The first kappa shape index (κ1) is 31.2. The third-order valence-electron chi connectivity index (χ3n) is 8.98. The number of likely N-dealkylation sites (tertiary alicyclic amines) is 1. The number of aliphatic hydroxyl groups is 1. The number of hydrogen-bond acceptors (Lipinski definition) is 7. The quantitative estimate of drug-likeness (QED) is 0.186. The number of carbonyl (C=O) groups excluding carboxylic acids is 3. The van der Waals surface area contributed by atoms with Crippen LogP contribution in [0.3, 0.4) is 0 Å². The van der Waals surface area contributed by atoms with Gasteiger partial charge in [-0.2, -0.15) is 0 Å². The zero-order valence-electron chi connectivity index (χ0n) is 24.7. The van der Waals surface area contributed by atoms with E-state index in [1.807, 2.05) is 31.2 Å². The lowest BCUT2D eigenvalue weighted by Crippen LogP contribution is -2.57. The van der Waals surface area contributed by atoms with Crippen LogP contribution in [0, 0.1) is 11.8 Å². The number of hydrogen-bond donors (Lipinski definition) is 1. The van der Waals surface area contributed by atoms with Crippen LogP contribution in [0.5, 0.6) is 0 Å². The van der Waals surface area contributed by atoms with Crippen molar-refractivity contribution in [2.75, 3.05) is 42.6 Å². The van der Waals surface area contributed by atoms with E-state index in [2.05, 4.69) is 31.9 Å². The lowest BCUT2D eigenvalue weighted by Gasteiger charge is -2.39. The minimum Gasteiger partial charge on any atom is -0.465 e. The van der Waals surface area contributed by atoms with Crippen LogP contribution < -0.4 is 9.80 Å². The number of allylic oxidation sites excluding steroid dienone is 1. The van der Waals surface area contributed by atoms with E-state index in [0.717, 1.165) is 37.3 Å². The van der Waals surface area contributed by atoms with E-state index < -0.39 is 28.7 Å². The molecule has 224 valence electrons. The van der Waals surface area contributed by atoms with Crippen molar-refractivity contribution in [2.45, 2.75) is 75.0 Å². The van der Waals surface area contributed by atoms with E-state index in [0.29, 0.717) is 19.3 Å². The minimum atomic E-state index is -0.798. The number of anilines is 2. The van der Waals surface area contributed by atoms with E-state index in [4.69, 9.17) is 4.74 Å². The Kier molecular flexibility index (Phi) is 10.2. The van der Waals surface area contributed by atoms with E-state index in [-0.39, 0.29) is 42.8 Å². The van der Waals surface area contributed by atoms with Gasteiger partial charge in [-0.1, -0.05) is 19.1 Å². The number of rotatable bonds is 15. The van der Waals surface area contributed by atoms with Crippen molar-refractivity contribution < 1.29 is 24.2 Å². The number of unbranched alkanes of at least 4 members (excludes halogenated alkanes) is 1. The second-order valence-corrected chi connectivity index (χ2v) is 12.7. The molecule has 6 atom stereocenters. The lowest BCUT2D eigenvalue weighted by atomic mass is 9.71. The summed E-state index contributed by atoms with van der Waals surface area (Å²) in [5, 5.41) is 10.3. The van der Waals surface area contributed by atoms with E-state index in [1.165, 1.54) is 0 Å². The zero-order chi connectivity index (χ0) is 29.7. The Morgan fingerprint density at radius 2 is 1.85 bits per heavy atom. The van der Waals surface area contributed by atoms with Crippen molar-refractivity contribution >= 4 is 40.9 Å². The second kappa shape index (κ2) is 13.5. The van der Waals surface area contributed by atoms with Gasteiger partial charge in [0.15, 0.2) is 0 Å². The van der Waals surface area contributed by atoms with E-state index in [1.54, 1.807) is 33.7 Å². The van der Waals surface area contributed by atoms with Gasteiger partial charge in [0.1, 0.15) is 6.04 Å². The van der Waals surface area contributed by atoms with Crippen molar-refractivity contribution in [1.29, 1.82) is 0 Å². The molecule has 9 heteroatoms. The molecule has 1 spiro atoms. The molecule has 0 aliphatic carbocycles. The molecule has 2 bridgehead atoms. The molecular formula is C32H45N3O5S. The Labute approximate surface area is 248 Å². The van der Waals surface area contributed by atoms with Crippen LogP contribution in [-0.2, 0) is 19.1 Å². The predicted octanol–water partition coefficient (Wildman–Crippen LogP) is 4.42. The molecule has 1 aromatic carbocycles. The van der Waals surface area contributed by atoms with Crippen LogP contribution in [0.25, 0.3) is 0 Å². The molecule has 2 amide bonds. The minimum absolute atomic E-state index is 0.0660. The summed E-state index contributed by atoms with van der Waals surface area (Å²) >= 11 is 1.61. The SMILES string of the molecule is C=CCCCOC(=O)[C@@H]1[C@H]2C(=O)N([C@@H](CC)CO)C(C(=O)N(CC=C)c3ccc(N(CC)CC)cc3)C23CC[C@H]1S3. The maximum atomic E-state index is 14.7. The smallest absolute Gasteiger partial charge is 0.310 e. The monoisotopic (exact) mass is 583 g/mol. The van der Waals surface area contributed by atoms with E-state index >= 15 is 0 Å². The van der Waals surface area contributed by atoms with Crippen LogP contribution in [0.2, 0.25) is 0 Å². The highest BCUT2D eigenvalue weighted by atomic mass is 32.2. The van der Waals surface area contributed by atoms with Gasteiger partial charge < -0.3 is 24.5 Å². The first-order valence-corrected chi connectivity index (χ1v) is 15.9. The predicted molar refractivity (Wildman–Crippen MR) is 165 cm³/mol. The molecule has 3 heterocycles.